The maximum atomic E-state index is 13.6. The molecule has 5 rings (SSSR count). The first-order chi connectivity index (χ1) is 18.5. The number of urea groups is 1. The van der Waals surface area contributed by atoms with Crippen LogP contribution >= 0.6 is 0 Å². The summed E-state index contributed by atoms with van der Waals surface area (Å²) in [5.41, 5.74) is 3.98. The molecule has 2 aromatic rings. The van der Waals surface area contributed by atoms with Crippen molar-refractivity contribution >= 4 is 34.9 Å². The summed E-state index contributed by atoms with van der Waals surface area (Å²) in [6.07, 6.45) is 4.02. The van der Waals surface area contributed by atoms with E-state index in [1.807, 2.05) is 54.3 Å². The van der Waals surface area contributed by atoms with Crippen LogP contribution in [0.2, 0.25) is 0 Å². The van der Waals surface area contributed by atoms with Crippen LogP contribution in [0.1, 0.15) is 41.6 Å². The molecular formula is C29H37N5O4. The van der Waals surface area contributed by atoms with Crippen LogP contribution in [0, 0.1) is 12.8 Å². The highest BCUT2D eigenvalue weighted by molar-refractivity contribution is 6.02. The highest BCUT2D eigenvalue weighted by Crippen LogP contribution is 2.30. The van der Waals surface area contributed by atoms with Gasteiger partial charge in [-0.05, 0) is 50.1 Å². The molecule has 0 atom stereocenters. The number of piperazine rings is 1. The number of carbonyl (C=O) groups is 3. The Morgan fingerprint density at radius 1 is 0.789 bits per heavy atom. The number of hydrogen-bond acceptors (Lipinski definition) is 5. The van der Waals surface area contributed by atoms with Gasteiger partial charge in [-0.1, -0.05) is 30.5 Å². The van der Waals surface area contributed by atoms with Gasteiger partial charge in [0, 0.05) is 62.2 Å². The number of anilines is 3. The van der Waals surface area contributed by atoms with E-state index in [0.29, 0.717) is 63.7 Å². The van der Waals surface area contributed by atoms with Crippen molar-refractivity contribution in [3.05, 3.63) is 53.6 Å². The minimum Gasteiger partial charge on any atom is -0.378 e. The van der Waals surface area contributed by atoms with E-state index < -0.39 is 0 Å². The average Bonchev–Trinajstić information content (AvgIpc) is 3.50. The largest absolute Gasteiger partial charge is 0.378 e. The molecule has 0 spiro atoms. The summed E-state index contributed by atoms with van der Waals surface area (Å²) >= 11 is 0. The van der Waals surface area contributed by atoms with Gasteiger partial charge < -0.3 is 30.1 Å². The third-order valence-corrected chi connectivity index (χ3v) is 7.73. The lowest BCUT2D eigenvalue weighted by atomic mass is 10.1. The number of rotatable bonds is 5. The number of nitrogens with zero attached hydrogens (tertiary/aromatic N) is 3. The number of nitrogens with one attached hydrogen (secondary N) is 2. The fourth-order valence-electron chi connectivity index (χ4n) is 5.42. The molecule has 2 aliphatic heterocycles. The molecule has 1 saturated carbocycles. The van der Waals surface area contributed by atoms with E-state index in [0.717, 1.165) is 42.6 Å². The van der Waals surface area contributed by atoms with E-state index in [2.05, 4.69) is 15.5 Å². The normalized spacial score (nSPS) is 18.4. The number of morpholine rings is 1. The van der Waals surface area contributed by atoms with E-state index >= 15 is 0 Å². The van der Waals surface area contributed by atoms with Crippen molar-refractivity contribution in [1.82, 2.24) is 9.80 Å². The lowest BCUT2D eigenvalue weighted by Crippen LogP contribution is -2.50. The highest BCUT2D eigenvalue weighted by Gasteiger charge is 2.28. The first kappa shape index (κ1) is 26.0. The summed E-state index contributed by atoms with van der Waals surface area (Å²) in [6.45, 7) is 6.46. The number of amides is 4. The summed E-state index contributed by atoms with van der Waals surface area (Å²) in [5.74, 6) is 0.0280. The first-order valence-corrected chi connectivity index (χ1v) is 13.7. The standard InChI is InChI=1S/C29H37N5O4/c1-21-6-8-23(9-7-21)31-29(37)34-14-12-32(13-15-34)26-11-10-24(30-27(35)22-4-2-3-5-22)20-25(26)28(36)33-16-18-38-19-17-33/h6-11,20,22H,2-5,12-19H2,1H3,(H,30,35)(H,31,37). The maximum Gasteiger partial charge on any atom is 0.321 e. The Morgan fingerprint density at radius 3 is 2.13 bits per heavy atom. The summed E-state index contributed by atoms with van der Waals surface area (Å²) in [4.78, 5) is 45.0. The summed E-state index contributed by atoms with van der Waals surface area (Å²) in [5, 5.41) is 6.02. The van der Waals surface area contributed by atoms with Gasteiger partial charge in [0.2, 0.25) is 5.91 Å². The predicted molar refractivity (Wildman–Crippen MR) is 148 cm³/mol. The van der Waals surface area contributed by atoms with E-state index in [9.17, 15) is 14.4 Å². The number of benzene rings is 2. The fraction of sp³-hybridized carbons (Fsp3) is 0.483. The molecule has 3 fully saturated rings. The Bertz CT molecular complexity index is 1150. The lowest BCUT2D eigenvalue weighted by Gasteiger charge is -2.37. The summed E-state index contributed by atoms with van der Waals surface area (Å²) in [6, 6.07) is 13.3. The molecule has 0 unspecified atom stereocenters. The van der Waals surface area contributed by atoms with E-state index in [-0.39, 0.29) is 23.8 Å². The van der Waals surface area contributed by atoms with Crippen molar-refractivity contribution in [3.63, 3.8) is 0 Å². The number of carbonyl (C=O) groups excluding carboxylic acids is 3. The van der Waals surface area contributed by atoms with Gasteiger partial charge in [0.1, 0.15) is 0 Å². The molecule has 2 heterocycles. The first-order valence-electron chi connectivity index (χ1n) is 13.7. The van der Waals surface area contributed by atoms with Crippen molar-refractivity contribution in [2.45, 2.75) is 32.6 Å². The molecule has 4 amide bonds. The molecule has 0 radical (unpaired) electrons. The van der Waals surface area contributed by atoms with Crippen LogP contribution in [0.15, 0.2) is 42.5 Å². The zero-order valence-corrected chi connectivity index (χ0v) is 22.1. The van der Waals surface area contributed by atoms with Crippen molar-refractivity contribution in [1.29, 1.82) is 0 Å². The molecule has 9 heteroatoms. The number of ether oxygens (including phenoxy) is 1. The van der Waals surface area contributed by atoms with Gasteiger partial charge in [0.05, 0.1) is 18.8 Å². The van der Waals surface area contributed by atoms with Crippen LogP contribution in [-0.4, -0.2) is 80.1 Å². The van der Waals surface area contributed by atoms with Crippen LogP contribution in [0.3, 0.4) is 0 Å². The monoisotopic (exact) mass is 519 g/mol. The van der Waals surface area contributed by atoms with Gasteiger partial charge in [-0.25, -0.2) is 4.79 Å². The number of hydrogen-bond donors (Lipinski definition) is 2. The van der Waals surface area contributed by atoms with Crippen molar-refractivity contribution in [2.24, 2.45) is 5.92 Å². The van der Waals surface area contributed by atoms with E-state index in [1.54, 1.807) is 4.90 Å². The van der Waals surface area contributed by atoms with Gasteiger partial charge >= 0.3 is 6.03 Å². The second-order valence-electron chi connectivity index (χ2n) is 10.4. The number of aryl methyl sites for hydroxylation is 1. The Kier molecular flexibility index (Phi) is 8.12. The predicted octanol–water partition coefficient (Wildman–Crippen LogP) is 3.95. The smallest absolute Gasteiger partial charge is 0.321 e. The third-order valence-electron chi connectivity index (χ3n) is 7.73. The van der Waals surface area contributed by atoms with Crippen LogP contribution in [-0.2, 0) is 9.53 Å². The van der Waals surface area contributed by atoms with Crippen molar-refractivity contribution < 1.29 is 19.1 Å². The molecular weight excluding hydrogens is 482 g/mol. The Morgan fingerprint density at radius 2 is 1.45 bits per heavy atom. The zero-order valence-electron chi connectivity index (χ0n) is 22.1. The minimum absolute atomic E-state index is 0.0354. The summed E-state index contributed by atoms with van der Waals surface area (Å²) in [7, 11) is 0. The van der Waals surface area contributed by atoms with Gasteiger partial charge in [0.25, 0.3) is 5.91 Å². The Labute approximate surface area is 224 Å². The SMILES string of the molecule is Cc1ccc(NC(=O)N2CCN(c3ccc(NC(=O)C4CCCC4)cc3C(=O)N3CCOCC3)CC2)cc1. The van der Waals surface area contributed by atoms with Gasteiger partial charge in [-0.3, -0.25) is 9.59 Å². The van der Waals surface area contributed by atoms with E-state index in [4.69, 9.17) is 4.74 Å². The molecule has 3 aliphatic rings. The Hall–Kier alpha value is -3.59. The third kappa shape index (κ3) is 6.10. The van der Waals surface area contributed by atoms with Crippen LogP contribution in [0.25, 0.3) is 0 Å². The van der Waals surface area contributed by atoms with E-state index in [1.165, 1.54) is 0 Å². The van der Waals surface area contributed by atoms with Crippen LogP contribution in [0.4, 0.5) is 21.9 Å². The average molecular weight is 520 g/mol. The summed E-state index contributed by atoms with van der Waals surface area (Å²) < 4.78 is 5.44. The van der Waals surface area contributed by atoms with Crippen LogP contribution < -0.4 is 15.5 Å². The Balaban J connectivity index is 1.29. The van der Waals surface area contributed by atoms with Gasteiger partial charge in [-0.2, -0.15) is 0 Å². The molecule has 0 bridgehead atoms. The van der Waals surface area contributed by atoms with Crippen molar-refractivity contribution in [2.75, 3.05) is 68.0 Å². The zero-order chi connectivity index (χ0) is 26.5. The maximum absolute atomic E-state index is 13.6. The molecule has 2 N–H and O–H groups in total. The minimum atomic E-state index is -0.122. The van der Waals surface area contributed by atoms with Gasteiger partial charge in [-0.15, -0.1) is 0 Å². The molecule has 1 aliphatic carbocycles. The topological polar surface area (TPSA) is 94.2 Å². The second kappa shape index (κ2) is 11.9. The second-order valence-corrected chi connectivity index (χ2v) is 10.4. The molecule has 0 aromatic heterocycles. The molecule has 202 valence electrons. The lowest BCUT2D eigenvalue weighted by molar-refractivity contribution is -0.119. The van der Waals surface area contributed by atoms with Gasteiger partial charge in [0.15, 0.2) is 0 Å². The van der Waals surface area contributed by atoms with Crippen molar-refractivity contribution in [3.8, 4) is 0 Å². The van der Waals surface area contributed by atoms with Crippen LogP contribution in [0.5, 0.6) is 0 Å². The molecule has 2 aromatic carbocycles. The quantitative estimate of drug-likeness (QED) is 0.624. The molecule has 38 heavy (non-hydrogen) atoms. The fourth-order valence-corrected chi connectivity index (χ4v) is 5.42. The highest BCUT2D eigenvalue weighted by atomic mass is 16.5. The molecule has 2 saturated heterocycles. The molecule has 9 nitrogen and oxygen atoms in total.